The molecular weight excluding hydrogens is 434 g/mol. The first-order chi connectivity index (χ1) is 14.3. The maximum Gasteiger partial charge on any atom is 0.178 e. The molecule has 2 heterocycles. The molecule has 2 unspecified atom stereocenters. The molecule has 1 saturated heterocycles. The summed E-state index contributed by atoms with van der Waals surface area (Å²) in [5, 5.41) is 3.84. The average Bonchev–Trinajstić information content (AvgIpc) is 2.70. The Morgan fingerprint density at radius 3 is 2.53 bits per heavy atom. The standard InChI is InChI=1S/C21H23ClF2N2O3S/c22-13-1-3-15(4-2-13)30(27,28)11-12-9-14(7-8-25)26-18-10-29-21-17(24)6-5-16(23)20(21)19(12)18/h1-6,12,14,18-19,26H,7-11,25H2/t12?,14-,18?,19-/m1/s1. The highest BCUT2D eigenvalue weighted by molar-refractivity contribution is 7.91. The van der Waals surface area contributed by atoms with Crippen molar-refractivity contribution in [2.75, 3.05) is 18.9 Å². The minimum Gasteiger partial charge on any atom is -0.488 e. The van der Waals surface area contributed by atoms with Gasteiger partial charge >= 0.3 is 0 Å². The Bertz CT molecular complexity index is 1030. The van der Waals surface area contributed by atoms with E-state index in [-0.39, 0.29) is 40.7 Å². The molecule has 2 aliphatic rings. The van der Waals surface area contributed by atoms with Crippen LogP contribution in [0.1, 0.15) is 24.3 Å². The third kappa shape index (κ3) is 4.06. The van der Waals surface area contributed by atoms with Crippen molar-refractivity contribution >= 4 is 21.4 Å². The van der Waals surface area contributed by atoms with E-state index in [1.807, 2.05) is 0 Å². The summed E-state index contributed by atoms with van der Waals surface area (Å²) in [5.74, 6) is -2.49. The zero-order chi connectivity index (χ0) is 21.5. The smallest absolute Gasteiger partial charge is 0.178 e. The number of rotatable bonds is 5. The van der Waals surface area contributed by atoms with Crippen molar-refractivity contribution in [3.63, 3.8) is 0 Å². The summed E-state index contributed by atoms with van der Waals surface area (Å²) in [7, 11) is -3.67. The van der Waals surface area contributed by atoms with Crippen LogP contribution in [0.3, 0.4) is 0 Å². The van der Waals surface area contributed by atoms with E-state index < -0.39 is 33.3 Å². The van der Waals surface area contributed by atoms with Crippen LogP contribution in [0.25, 0.3) is 0 Å². The van der Waals surface area contributed by atoms with Gasteiger partial charge in [-0.3, -0.25) is 0 Å². The summed E-state index contributed by atoms with van der Waals surface area (Å²) in [4.78, 5) is 0.157. The molecule has 4 rings (SSSR count). The Balaban J connectivity index is 1.73. The topological polar surface area (TPSA) is 81.4 Å². The molecule has 2 aliphatic heterocycles. The largest absolute Gasteiger partial charge is 0.488 e. The Labute approximate surface area is 179 Å². The van der Waals surface area contributed by atoms with E-state index in [0.717, 1.165) is 12.1 Å². The van der Waals surface area contributed by atoms with E-state index in [0.29, 0.717) is 24.4 Å². The van der Waals surface area contributed by atoms with Crippen molar-refractivity contribution in [2.24, 2.45) is 11.7 Å². The zero-order valence-corrected chi connectivity index (χ0v) is 17.7. The Kier molecular flexibility index (Phi) is 6.03. The number of hydrogen-bond acceptors (Lipinski definition) is 5. The monoisotopic (exact) mass is 456 g/mol. The van der Waals surface area contributed by atoms with Crippen molar-refractivity contribution in [1.29, 1.82) is 0 Å². The van der Waals surface area contributed by atoms with Gasteiger partial charge < -0.3 is 15.8 Å². The third-order valence-electron chi connectivity index (χ3n) is 5.94. The second-order valence-corrected chi connectivity index (χ2v) is 10.4. The second kappa shape index (κ2) is 8.42. The molecule has 1 fully saturated rings. The summed E-state index contributed by atoms with van der Waals surface area (Å²) < 4.78 is 60.9. The van der Waals surface area contributed by atoms with Crippen molar-refractivity contribution in [2.45, 2.75) is 35.7 Å². The van der Waals surface area contributed by atoms with Crippen LogP contribution < -0.4 is 15.8 Å². The average molecular weight is 457 g/mol. The Morgan fingerprint density at radius 1 is 1.13 bits per heavy atom. The molecule has 0 bridgehead atoms. The van der Waals surface area contributed by atoms with Gasteiger partial charge in [-0.1, -0.05) is 11.6 Å². The zero-order valence-electron chi connectivity index (χ0n) is 16.2. The fraction of sp³-hybridized carbons (Fsp3) is 0.429. The molecule has 3 N–H and O–H groups in total. The molecule has 4 atom stereocenters. The lowest BCUT2D eigenvalue weighted by Gasteiger charge is -2.46. The van der Waals surface area contributed by atoms with Crippen molar-refractivity contribution in [3.05, 3.63) is 58.6 Å². The summed E-state index contributed by atoms with van der Waals surface area (Å²) >= 11 is 5.88. The molecule has 0 aliphatic carbocycles. The number of ether oxygens (including phenoxy) is 1. The molecule has 0 aromatic heterocycles. The quantitative estimate of drug-likeness (QED) is 0.721. The minimum absolute atomic E-state index is 0.0246. The molecule has 0 amide bonds. The highest BCUT2D eigenvalue weighted by Crippen LogP contribution is 2.46. The molecule has 2 aromatic rings. The SMILES string of the molecule is NCC[C@@H]1CC(CS(=O)(=O)c2ccc(Cl)cc2)[C@H]2c3c(F)ccc(F)c3OCC2N1. The van der Waals surface area contributed by atoms with Gasteiger partial charge in [-0.15, -0.1) is 0 Å². The molecular formula is C21H23ClF2N2O3S. The van der Waals surface area contributed by atoms with E-state index in [2.05, 4.69) is 5.32 Å². The van der Waals surface area contributed by atoms with Gasteiger partial charge in [0.15, 0.2) is 21.4 Å². The van der Waals surface area contributed by atoms with Crippen molar-refractivity contribution in [1.82, 2.24) is 5.32 Å². The van der Waals surface area contributed by atoms with Crippen LogP contribution in [0.5, 0.6) is 5.75 Å². The fourth-order valence-corrected chi connectivity index (χ4v) is 6.45. The van der Waals surface area contributed by atoms with Crippen LogP contribution in [0.2, 0.25) is 5.02 Å². The molecule has 5 nitrogen and oxygen atoms in total. The molecule has 2 aromatic carbocycles. The molecule has 0 radical (unpaired) electrons. The molecule has 9 heteroatoms. The van der Waals surface area contributed by atoms with E-state index in [1.54, 1.807) is 0 Å². The van der Waals surface area contributed by atoms with Gasteiger partial charge in [-0.25, -0.2) is 17.2 Å². The number of nitrogens with one attached hydrogen (secondary N) is 1. The minimum atomic E-state index is -3.67. The van der Waals surface area contributed by atoms with Crippen LogP contribution in [0.4, 0.5) is 8.78 Å². The first kappa shape index (κ1) is 21.5. The first-order valence-electron chi connectivity index (χ1n) is 9.85. The molecule has 0 spiro atoms. The molecule has 30 heavy (non-hydrogen) atoms. The van der Waals surface area contributed by atoms with Gasteiger partial charge in [0.1, 0.15) is 12.4 Å². The number of hydrogen-bond donors (Lipinski definition) is 2. The lowest BCUT2D eigenvalue weighted by molar-refractivity contribution is 0.124. The lowest BCUT2D eigenvalue weighted by atomic mass is 9.73. The summed E-state index contributed by atoms with van der Waals surface area (Å²) in [5.41, 5.74) is 5.83. The first-order valence-corrected chi connectivity index (χ1v) is 11.9. The normalized spacial score (nSPS) is 25.9. The van der Waals surface area contributed by atoms with Crippen LogP contribution in [-0.2, 0) is 9.84 Å². The Morgan fingerprint density at radius 2 is 1.83 bits per heavy atom. The van der Waals surface area contributed by atoms with E-state index in [1.165, 1.54) is 24.3 Å². The number of fused-ring (bicyclic) bond motifs is 3. The predicted octanol–water partition coefficient (Wildman–Crippen LogP) is 3.26. The molecule has 0 saturated carbocycles. The van der Waals surface area contributed by atoms with Gasteiger partial charge in [0.05, 0.1) is 10.6 Å². The highest BCUT2D eigenvalue weighted by Gasteiger charge is 2.45. The number of piperidine rings is 1. The maximum atomic E-state index is 14.8. The van der Waals surface area contributed by atoms with Gasteiger partial charge in [0, 0.05) is 28.6 Å². The molecule has 162 valence electrons. The van der Waals surface area contributed by atoms with Crippen LogP contribution in [-0.4, -0.2) is 39.4 Å². The Hall–Kier alpha value is -1.74. The van der Waals surface area contributed by atoms with Gasteiger partial charge in [-0.05, 0) is 61.7 Å². The van der Waals surface area contributed by atoms with Crippen LogP contribution >= 0.6 is 11.6 Å². The van der Waals surface area contributed by atoms with E-state index in [4.69, 9.17) is 22.1 Å². The lowest BCUT2D eigenvalue weighted by Crippen LogP contribution is -2.56. The van der Waals surface area contributed by atoms with Crippen molar-refractivity contribution in [3.8, 4) is 5.75 Å². The highest BCUT2D eigenvalue weighted by atomic mass is 35.5. The maximum absolute atomic E-state index is 14.8. The number of sulfone groups is 1. The fourth-order valence-electron chi connectivity index (χ4n) is 4.68. The van der Waals surface area contributed by atoms with E-state index in [9.17, 15) is 17.2 Å². The number of nitrogens with two attached hydrogens (primary N) is 1. The van der Waals surface area contributed by atoms with Gasteiger partial charge in [-0.2, -0.15) is 0 Å². The second-order valence-electron chi connectivity index (χ2n) is 7.89. The third-order valence-corrected chi connectivity index (χ3v) is 8.04. The number of benzene rings is 2. The van der Waals surface area contributed by atoms with Crippen LogP contribution in [0.15, 0.2) is 41.3 Å². The van der Waals surface area contributed by atoms with E-state index >= 15 is 0 Å². The summed E-state index contributed by atoms with van der Waals surface area (Å²) in [6.45, 7) is 0.572. The van der Waals surface area contributed by atoms with Gasteiger partial charge in [0.25, 0.3) is 0 Å². The number of halogens is 3. The van der Waals surface area contributed by atoms with Crippen molar-refractivity contribution < 1.29 is 21.9 Å². The van der Waals surface area contributed by atoms with Gasteiger partial charge in [0.2, 0.25) is 0 Å². The summed E-state index contributed by atoms with van der Waals surface area (Å²) in [6, 6.07) is 7.72. The summed E-state index contributed by atoms with van der Waals surface area (Å²) in [6.07, 6.45) is 1.14. The van der Waals surface area contributed by atoms with Crippen LogP contribution in [0, 0.1) is 17.6 Å². The predicted molar refractivity (Wildman–Crippen MR) is 111 cm³/mol.